The number of aryl methyl sites for hydroxylation is 1. The minimum absolute atomic E-state index is 0.130. The lowest BCUT2D eigenvalue weighted by molar-refractivity contribution is -0.118. The Balaban J connectivity index is 2.36. The first kappa shape index (κ1) is 16.3. The topological polar surface area (TPSA) is 46.9 Å². The van der Waals surface area contributed by atoms with Gasteiger partial charge in [-0.05, 0) is 38.3 Å². The predicted molar refractivity (Wildman–Crippen MR) is 90.6 cm³/mol. The summed E-state index contributed by atoms with van der Waals surface area (Å²) >= 11 is 0. The third-order valence-corrected chi connectivity index (χ3v) is 3.74. The van der Waals surface area contributed by atoms with Crippen molar-refractivity contribution in [3.8, 4) is 0 Å². The highest BCUT2D eigenvalue weighted by Crippen LogP contribution is 2.22. The highest BCUT2D eigenvalue weighted by molar-refractivity contribution is 5.92. The smallest absolute Gasteiger partial charge is 0.246 e. The van der Waals surface area contributed by atoms with Gasteiger partial charge in [-0.1, -0.05) is 32.6 Å². The summed E-state index contributed by atoms with van der Waals surface area (Å²) in [4.78, 5) is 16.6. The van der Waals surface area contributed by atoms with Gasteiger partial charge in [0.05, 0.1) is 17.1 Å². The van der Waals surface area contributed by atoms with E-state index in [-0.39, 0.29) is 11.9 Å². The molecule has 0 saturated carbocycles. The lowest BCUT2D eigenvalue weighted by Gasteiger charge is -2.17. The SMILES string of the molecule is C=C(C)C(=O)NC(C)c1nc2ccccc2n1CCC(C)C. The summed E-state index contributed by atoms with van der Waals surface area (Å²) in [6.45, 7) is 12.7. The lowest BCUT2D eigenvalue weighted by Crippen LogP contribution is -2.29. The fourth-order valence-electron chi connectivity index (χ4n) is 2.43. The van der Waals surface area contributed by atoms with Gasteiger partial charge in [-0.2, -0.15) is 0 Å². The molecule has 0 aliphatic carbocycles. The van der Waals surface area contributed by atoms with Crippen LogP contribution in [0.25, 0.3) is 11.0 Å². The maximum atomic E-state index is 11.9. The average Bonchev–Trinajstić information content (AvgIpc) is 2.83. The Labute approximate surface area is 132 Å². The van der Waals surface area contributed by atoms with E-state index < -0.39 is 0 Å². The molecule has 2 rings (SSSR count). The highest BCUT2D eigenvalue weighted by atomic mass is 16.1. The van der Waals surface area contributed by atoms with Crippen LogP contribution in [0.3, 0.4) is 0 Å². The molecule has 0 aliphatic rings. The summed E-state index contributed by atoms with van der Waals surface area (Å²) in [5.74, 6) is 1.39. The lowest BCUT2D eigenvalue weighted by atomic mass is 10.1. The molecular formula is C18H25N3O. The second-order valence-electron chi connectivity index (χ2n) is 6.27. The average molecular weight is 299 g/mol. The van der Waals surface area contributed by atoms with E-state index in [0.29, 0.717) is 11.5 Å². The van der Waals surface area contributed by atoms with Crippen LogP contribution in [0.5, 0.6) is 0 Å². The van der Waals surface area contributed by atoms with Crippen LogP contribution in [0.4, 0.5) is 0 Å². The van der Waals surface area contributed by atoms with Gasteiger partial charge in [-0.25, -0.2) is 4.98 Å². The summed E-state index contributed by atoms with van der Waals surface area (Å²) in [5, 5.41) is 2.96. The van der Waals surface area contributed by atoms with Gasteiger partial charge < -0.3 is 9.88 Å². The minimum atomic E-state index is -0.149. The van der Waals surface area contributed by atoms with Gasteiger partial charge >= 0.3 is 0 Å². The molecule has 4 nitrogen and oxygen atoms in total. The van der Waals surface area contributed by atoms with E-state index in [1.807, 2.05) is 25.1 Å². The first-order chi connectivity index (χ1) is 10.4. The van der Waals surface area contributed by atoms with Crippen LogP contribution in [0.1, 0.15) is 46.0 Å². The van der Waals surface area contributed by atoms with Crippen molar-refractivity contribution < 1.29 is 4.79 Å². The molecule has 0 fully saturated rings. The Hall–Kier alpha value is -2.10. The summed E-state index contributed by atoms with van der Waals surface area (Å²) < 4.78 is 2.22. The molecule has 118 valence electrons. The van der Waals surface area contributed by atoms with Crippen molar-refractivity contribution in [3.63, 3.8) is 0 Å². The molecule has 1 atom stereocenters. The van der Waals surface area contributed by atoms with Crippen molar-refractivity contribution in [2.24, 2.45) is 5.92 Å². The fraction of sp³-hybridized carbons (Fsp3) is 0.444. The number of hydrogen-bond acceptors (Lipinski definition) is 2. The molecule has 1 N–H and O–H groups in total. The molecule has 1 aromatic heterocycles. The first-order valence-electron chi connectivity index (χ1n) is 7.81. The molecule has 0 spiro atoms. The molecule has 1 aromatic carbocycles. The minimum Gasteiger partial charge on any atom is -0.343 e. The number of fused-ring (bicyclic) bond motifs is 1. The molecule has 4 heteroatoms. The normalized spacial score (nSPS) is 12.6. The Morgan fingerprint density at radius 3 is 2.64 bits per heavy atom. The molecule has 1 heterocycles. The summed E-state index contributed by atoms with van der Waals surface area (Å²) in [5.41, 5.74) is 2.60. The van der Waals surface area contributed by atoms with E-state index in [9.17, 15) is 4.79 Å². The van der Waals surface area contributed by atoms with Crippen molar-refractivity contribution in [3.05, 3.63) is 42.2 Å². The number of aromatic nitrogens is 2. The predicted octanol–water partition coefficient (Wildman–Crippen LogP) is 3.84. The number of para-hydroxylation sites is 2. The van der Waals surface area contributed by atoms with Gasteiger partial charge in [0, 0.05) is 12.1 Å². The number of carbonyl (C=O) groups excluding carboxylic acids is 1. The van der Waals surface area contributed by atoms with Crippen molar-refractivity contribution in [2.45, 2.75) is 46.7 Å². The van der Waals surface area contributed by atoms with Crippen molar-refractivity contribution in [1.82, 2.24) is 14.9 Å². The van der Waals surface area contributed by atoms with Crippen LogP contribution < -0.4 is 5.32 Å². The van der Waals surface area contributed by atoms with E-state index in [1.54, 1.807) is 6.92 Å². The third-order valence-electron chi connectivity index (χ3n) is 3.74. The van der Waals surface area contributed by atoms with Gasteiger partial charge in [-0.15, -0.1) is 0 Å². The Bertz CT molecular complexity index is 685. The zero-order chi connectivity index (χ0) is 16.3. The maximum Gasteiger partial charge on any atom is 0.246 e. The number of amides is 1. The second-order valence-corrected chi connectivity index (χ2v) is 6.27. The highest BCUT2D eigenvalue weighted by Gasteiger charge is 2.18. The number of nitrogens with one attached hydrogen (secondary N) is 1. The van der Waals surface area contributed by atoms with Crippen molar-refractivity contribution in [2.75, 3.05) is 0 Å². The van der Waals surface area contributed by atoms with Crippen LogP contribution in [0.2, 0.25) is 0 Å². The molecule has 0 radical (unpaired) electrons. The van der Waals surface area contributed by atoms with E-state index in [2.05, 4.69) is 36.4 Å². The van der Waals surface area contributed by atoms with Gasteiger partial charge in [0.15, 0.2) is 0 Å². The first-order valence-corrected chi connectivity index (χ1v) is 7.81. The summed E-state index contributed by atoms with van der Waals surface area (Å²) in [6, 6.07) is 7.96. The van der Waals surface area contributed by atoms with E-state index in [1.165, 1.54) is 0 Å². The van der Waals surface area contributed by atoms with Crippen LogP contribution in [-0.2, 0) is 11.3 Å². The number of rotatable bonds is 6. The zero-order valence-corrected chi connectivity index (χ0v) is 13.9. The second kappa shape index (κ2) is 6.77. The van der Waals surface area contributed by atoms with Crippen molar-refractivity contribution in [1.29, 1.82) is 0 Å². The number of benzene rings is 1. The van der Waals surface area contributed by atoms with Crippen LogP contribution in [0.15, 0.2) is 36.4 Å². The monoisotopic (exact) mass is 299 g/mol. The number of imidazole rings is 1. The molecule has 0 saturated heterocycles. The molecule has 22 heavy (non-hydrogen) atoms. The zero-order valence-electron chi connectivity index (χ0n) is 13.9. The molecule has 0 bridgehead atoms. The van der Waals surface area contributed by atoms with Gasteiger partial charge in [0.25, 0.3) is 0 Å². The van der Waals surface area contributed by atoms with Crippen molar-refractivity contribution >= 4 is 16.9 Å². The fourth-order valence-corrected chi connectivity index (χ4v) is 2.43. The van der Waals surface area contributed by atoms with E-state index >= 15 is 0 Å². The van der Waals surface area contributed by atoms with Gasteiger partial charge in [-0.3, -0.25) is 4.79 Å². The molecule has 2 aromatic rings. The van der Waals surface area contributed by atoms with E-state index in [4.69, 9.17) is 4.98 Å². The molecular weight excluding hydrogens is 274 g/mol. The number of hydrogen-bond donors (Lipinski definition) is 1. The Morgan fingerprint density at radius 1 is 1.32 bits per heavy atom. The van der Waals surface area contributed by atoms with Crippen LogP contribution in [0, 0.1) is 5.92 Å². The third kappa shape index (κ3) is 3.56. The standard InChI is InChI=1S/C18H25N3O/c1-12(2)10-11-21-16-9-7-6-8-15(16)20-17(21)14(5)19-18(22)13(3)4/h6-9,12,14H,3,10-11H2,1-2,4-5H3,(H,19,22). The summed E-state index contributed by atoms with van der Waals surface area (Å²) in [7, 11) is 0. The van der Waals surface area contributed by atoms with Gasteiger partial charge in [0.1, 0.15) is 5.82 Å². The number of carbonyl (C=O) groups is 1. The Morgan fingerprint density at radius 2 is 2.00 bits per heavy atom. The van der Waals surface area contributed by atoms with E-state index in [0.717, 1.165) is 29.8 Å². The molecule has 0 aliphatic heterocycles. The Kier molecular flexibility index (Phi) is 5.01. The quantitative estimate of drug-likeness (QED) is 0.824. The molecule has 1 amide bonds. The number of nitrogens with zero attached hydrogens (tertiary/aromatic N) is 2. The van der Waals surface area contributed by atoms with Crippen LogP contribution in [-0.4, -0.2) is 15.5 Å². The largest absolute Gasteiger partial charge is 0.343 e. The molecule has 1 unspecified atom stereocenters. The maximum absolute atomic E-state index is 11.9. The van der Waals surface area contributed by atoms with Gasteiger partial charge in [0.2, 0.25) is 5.91 Å². The summed E-state index contributed by atoms with van der Waals surface area (Å²) in [6.07, 6.45) is 1.08. The van der Waals surface area contributed by atoms with Crippen LogP contribution >= 0.6 is 0 Å².